The fourth-order valence-corrected chi connectivity index (χ4v) is 20.9. The summed E-state index contributed by atoms with van der Waals surface area (Å²) in [7, 11) is 0. The molecule has 4 heteroatoms. The van der Waals surface area contributed by atoms with E-state index in [0.717, 1.165) is 71.7 Å². The highest BCUT2D eigenvalue weighted by molar-refractivity contribution is 8.00. The van der Waals surface area contributed by atoms with Gasteiger partial charge in [0.15, 0.2) is 6.71 Å². The molecule has 16 atom stereocenters. The van der Waals surface area contributed by atoms with Gasteiger partial charge in [-0.1, -0.05) is 113 Å². The molecule has 0 radical (unpaired) electrons. The molecule has 0 bridgehead atoms. The maximum Gasteiger partial charge on any atom is 0.184 e. The van der Waals surface area contributed by atoms with E-state index in [4.69, 9.17) is 0 Å². The number of anilines is 1. The quantitative estimate of drug-likeness (QED) is 0.221. The highest BCUT2D eigenvalue weighted by Gasteiger charge is 2.74. The first-order valence-corrected chi connectivity index (χ1v) is 28.0. The summed E-state index contributed by atoms with van der Waals surface area (Å²) in [6, 6.07) is 10.4. The molecule has 12 aliphatic rings. The summed E-state index contributed by atoms with van der Waals surface area (Å²) in [6.07, 6.45) is 43.3. The lowest BCUT2D eigenvalue weighted by Crippen LogP contribution is -2.73. The minimum atomic E-state index is 0.247. The zero-order valence-electron chi connectivity index (χ0n) is 39.7. The Bertz CT molecular complexity index is 2060. The number of rotatable bonds is 3. The maximum atomic E-state index is 3.48. The van der Waals surface area contributed by atoms with Crippen LogP contribution in [0.4, 0.5) is 5.69 Å². The Morgan fingerprint density at radius 1 is 0.790 bits per heavy atom. The Morgan fingerprint density at radius 3 is 2.45 bits per heavy atom. The molecule has 1 aromatic carbocycles. The van der Waals surface area contributed by atoms with Crippen molar-refractivity contribution >= 4 is 24.2 Å². The molecule has 2 nitrogen and oxygen atoms in total. The van der Waals surface area contributed by atoms with Gasteiger partial charge in [-0.25, -0.2) is 0 Å². The van der Waals surface area contributed by atoms with Crippen molar-refractivity contribution in [1.29, 1.82) is 0 Å². The minimum absolute atomic E-state index is 0.247. The molecule has 8 aliphatic carbocycles. The second kappa shape index (κ2) is 14.7. The second-order valence-corrected chi connectivity index (χ2v) is 27.3. The van der Waals surface area contributed by atoms with E-state index < -0.39 is 0 Å². The monoisotopic (exact) mass is 849 g/mol. The Labute approximate surface area is 382 Å². The highest BCUT2D eigenvalue weighted by Crippen LogP contribution is 2.73. The van der Waals surface area contributed by atoms with E-state index in [-0.39, 0.29) is 5.54 Å². The van der Waals surface area contributed by atoms with Gasteiger partial charge in [0.1, 0.15) is 0 Å². The number of benzene rings is 1. The SMILES string of the molecule is CC1CC2CC2=CC(C2CC3C4B(C5=CC(C6C=CCCC6)CCC5N3c3cccc5c3SC3C=CCCC53)C3CC(C(C)(C)C)CC5C3N(C4C2)C(C)(C)C52CCCCC2)C1. The summed E-state index contributed by atoms with van der Waals surface area (Å²) < 4.78 is 0. The summed E-state index contributed by atoms with van der Waals surface area (Å²) in [5.74, 6) is 8.71. The predicted molar refractivity (Wildman–Crippen MR) is 263 cm³/mol. The van der Waals surface area contributed by atoms with Crippen molar-refractivity contribution in [2.45, 2.75) is 221 Å². The fraction of sp³-hybridized carbons (Fsp3) is 0.759. The first kappa shape index (κ1) is 40.6. The van der Waals surface area contributed by atoms with Gasteiger partial charge in [-0.2, -0.15) is 0 Å². The molecule has 0 aromatic heterocycles. The van der Waals surface area contributed by atoms with Crippen molar-refractivity contribution in [1.82, 2.24) is 4.90 Å². The molecule has 16 unspecified atom stereocenters. The maximum absolute atomic E-state index is 3.48. The van der Waals surface area contributed by atoms with E-state index in [1.54, 1.807) is 16.1 Å². The van der Waals surface area contributed by atoms with Crippen LogP contribution in [0.5, 0.6) is 0 Å². The third-order valence-electron chi connectivity index (χ3n) is 22.1. The van der Waals surface area contributed by atoms with Crippen molar-refractivity contribution in [2.75, 3.05) is 4.90 Å². The molecule has 0 amide bonds. The Hall–Kier alpha value is -1.65. The summed E-state index contributed by atoms with van der Waals surface area (Å²) in [6.45, 7) is 17.0. The summed E-state index contributed by atoms with van der Waals surface area (Å²) in [5.41, 5.74) is 8.28. The van der Waals surface area contributed by atoms with Crippen LogP contribution < -0.4 is 4.90 Å². The van der Waals surface area contributed by atoms with Crippen LogP contribution in [0.3, 0.4) is 0 Å². The van der Waals surface area contributed by atoms with Gasteiger partial charge in [0.05, 0.1) is 5.69 Å². The molecule has 7 fully saturated rings. The van der Waals surface area contributed by atoms with Crippen molar-refractivity contribution < 1.29 is 0 Å². The molecule has 0 N–H and O–H groups in total. The normalized spacial score (nSPS) is 45.8. The lowest BCUT2D eigenvalue weighted by molar-refractivity contribution is -0.0338. The smallest absolute Gasteiger partial charge is 0.184 e. The zero-order valence-corrected chi connectivity index (χ0v) is 40.6. The van der Waals surface area contributed by atoms with E-state index in [0.29, 0.717) is 40.1 Å². The van der Waals surface area contributed by atoms with Gasteiger partial charge in [-0.3, -0.25) is 4.90 Å². The summed E-state index contributed by atoms with van der Waals surface area (Å²) in [4.78, 5) is 8.46. The number of thioether (sulfide) groups is 1. The van der Waals surface area contributed by atoms with Gasteiger partial charge in [0.25, 0.3) is 0 Å². The first-order valence-electron chi connectivity index (χ1n) is 27.1. The average Bonchev–Trinajstić information content (AvgIpc) is 3.87. The lowest BCUT2D eigenvalue weighted by atomic mass is 9.20. The van der Waals surface area contributed by atoms with E-state index in [2.05, 4.69) is 118 Å². The molecular formula is C58H81BN2S. The van der Waals surface area contributed by atoms with Gasteiger partial charge in [-0.15, -0.1) is 11.8 Å². The van der Waals surface area contributed by atoms with Crippen LogP contribution in [0, 0.1) is 58.2 Å². The fourth-order valence-electron chi connectivity index (χ4n) is 19.3. The van der Waals surface area contributed by atoms with Crippen LogP contribution >= 0.6 is 11.8 Å². The van der Waals surface area contributed by atoms with Crippen molar-refractivity contribution in [2.24, 2.45) is 58.2 Å². The third kappa shape index (κ3) is 5.97. The predicted octanol–water partition coefficient (Wildman–Crippen LogP) is 14.9. The number of hydrogen-bond acceptors (Lipinski definition) is 3. The number of nitrogens with zero attached hydrogens (tertiary/aromatic N) is 2. The first-order chi connectivity index (χ1) is 30.0. The number of fused-ring (bicyclic) bond motifs is 9. The Kier molecular flexibility index (Phi) is 9.61. The van der Waals surface area contributed by atoms with Crippen LogP contribution in [0.15, 0.2) is 70.6 Å². The Balaban J connectivity index is 1.02. The van der Waals surface area contributed by atoms with Gasteiger partial charge in [0, 0.05) is 45.8 Å². The minimum Gasteiger partial charge on any atom is -0.362 e. The third-order valence-corrected chi connectivity index (χ3v) is 23.5. The summed E-state index contributed by atoms with van der Waals surface area (Å²) in [5, 5.41) is 0.625. The van der Waals surface area contributed by atoms with Gasteiger partial charge in [0.2, 0.25) is 0 Å². The van der Waals surface area contributed by atoms with E-state index >= 15 is 0 Å². The molecule has 4 saturated carbocycles. The topological polar surface area (TPSA) is 6.48 Å². The van der Waals surface area contributed by atoms with Crippen LogP contribution in [0.1, 0.15) is 175 Å². The van der Waals surface area contributed by atoms with E-state index in [1.807, 2.05) is 11.0 Å². The van der Waals surface area contributed by atoms with Crippen molar-refractivity contribution in [3.63, 3.8) is 0 Å². The zero-order chi connectivity index (χ0) is 41.9. The van der Waals surface area contributed by atoms with Crippen molar-refractivity contribution in [3.05, 3.63) is 71.3 Å². The largest absolute Gasteiger partial charge is 0.362 e. The molecule has 62 heavy (non-hydrogen) atoms. The van der Waals surface area contributed by atoms with Crippen LogP contribution in [0.2, 0.25) is 11.6 Å². The van der Waals surface area contributed by atoms with Crippen LogP contribution in [-0.2, 0) is 0 Å². The summed E-state index contributed by atoms with van der Waals surface area (Å²) >= 11 is 2.27. The average molecular weight is 849 g/mol. The van der Waals surface area contributed by atoms with Gasteiger partial charge < -0.3 is 4.90 Å². The number of hydrogen-bond donors (Lipinski definition) is 0. The van der Waals surface area contributed by atoms with Crippen LogP contribution in [0.25, 0.3) is 0 Å². The molecule has 4 heterocycles. The highest BCUT2D eigenvalue weighted by atomic mass is 32.2. The van der Waals surface area contributed by atoms with Crippen LogP contribution in [-0.4, -0.2) is 46.6 Å². The molecule has 1 aromatic rings. The lowest BCUT2D eigenvalue weighted by Gasteiger charge is -2.68. The van der Waals surface area contributed by atoms with E-state index in [9.17, 15) is 0 Å². The molecule has 13 rings (SSSR count). The molecule has 1 spiro atoms. The molecular weight excluding hydrogens is 768 g/mol. The number of allylic oxidation sites excluding steroid dienone is 6. The second-order valence-electron chi connectivity index (χ2n) is 26.1. The standard InChI is InChI=1S/C58H81BN2S/c1-35-26-38-28-40(38)29-39(27-35)41-31-50-53-51(32-41)61-54-45(58(57(61,5)6)24-13-8-14-25-58)33-42(56(2,3)4)34-47(54)59(53)46-30-37(36-16-9-7-10-17-36)22-23-48(46)60(50)49-20-15-19-44-43-18-11-12-21-52(43)62-55(44)49/h9,12,15-16,19-21,29-30,35-39,41-43,45,47-48,50-54H,7-8,10-11,13-14,17-18,22-28,31-34H2,1-6H3. The van der Waals surface area contributed by atoms with Gasteiger partial charge in [-0.05, 0) is 192 Å². The molecule has 332 valence electrons. The van der Waals surface area contributed by atoms with Gasteiger partial charge >= 0.3 is 0 Å². The Morgan fingerprint density at radius 2 is 1.63 bits per heavy atom. The molecule has 4 aliphatic heterocycles. The van der Waals surface area contributed by atoms with E-state index in [1.165, 1.54) is 122 Å². The molecule has 3 saturated heterocycles. The van der Waals surface area contributed by atoms with Crippen molar-refractivity contribution in [3.8, 4) is 0 Å².